The van der Waals surface area contributed by atoms with Crippen molar-refractivity contribution in [1.29, 1.82) is 0 Å². The number of carbonyl (C=O) groups is 1. The smallest absolute Gasteiger partial charge is 0.251 e. The van der Waals surface area contributed by atoms with Crippen LogP contribution in [0.4, 0.5) is 0 Å². The fourth-order valence-corrected chi connectivity index (χ4v) is 3.19. The van der Waals surface area contributed by atoms with Crippen molar-refractivity contribution in [2.45, 2.75) is 31.9 Å². The first-order chi connectivity index (χ1) is 12.9. The van der Waals surface area contributed by atoms with Crippen LogP contribution in [0, 0.1) is 0 Å². The van der Waals surface area contributed by atoms with Crippen LogP contribution < -0.4 is 19.5 Å². The zero-order valence-electron chi connectivity index (χ0n) is 16.0. The number of nitrogens with one attached hydrogen (secondary N) is 1. The Morgan fingerprint density at radius 3 is 2.63 bits per heavy atom. The van der Waals surface area contributed by atoms with E-state index in [2.05, 4.69) is 11.9 Å². The lowest BCUT2D eigenvalue weighted by Crippen LogP contribution is -2.41. The van der Waals surface area contributed by atoms with E-state index in [0.29, 0.717) is 24.3 Å². The molecule has 2 aromatic carbocycles. The van der Waals surface area contributed by atoms with Crippen molar-refractivity contribution < 1.29 is 19.0 Å². The SMILES string of the molecule is C=CCOc1ccc(C(=O)N[C@@H]2CC(C)(C)Oc3cc(OC)ccc32)cc1. The molecule has 0 aliphatic carbocycles. The molecule has 0 bridgehead atoms. The topological polar surface area (TPSA) is 56.8 Å². The molecule has 27 heavy (non-hydrogen) atoms. The Morgan fingerprint density at radius 2 is 1.96 bits per heavy atom. The summed E-state index contributed by atoms with van der Waals surface area (Å²) >= 11 is 0. The summed E-state index contributed by atoms with van der Waals surface area (Å²) in [6.07, 6.45) is 2.36. The third-order valence-corrected chi connectivity index (χ3v) is 4.47. The van der Waals surface area contributed by atoms with Crippen molar-refractivity contribution in [3.8, 4) is 17.2 Å². The Balaban J connectivity index is 1.78. The molecule has 0 aromatic heterocycles. The average molecular weight is 367 g/mol. The molecule has 2 aromatic rings. The quantitative estimate of drug-likeness (QED) is 0.774. The van der Waals surface area contributed by atoms with Crippen molar-refractivity contribution in [3.63, 3.8) is 0 Å². The van der Waals surface area contributed by atoms with Crippen LogP contribution >= 0.6 is 0 Å². The molecule has 0 spiro atoms. The van der Waals surface area contributed by atoms with Crippen molar-refractivity contribution in [1.82, 2.24) is 5.32 Å². The molecule has 5 heteroatoms. The van der Waals surface area contributed by atoms with Gasteiger partial charge in [-0.25, -0.2) is 0 Å². The van der Waals surface area contributed by atoms with Crippen LogP contribution in [0.5, 0.6) is 17.2 Å². The molecule has 0 saturated heterocycles. The minimum atomic E-state index is -0.389. The van der Waals surface area contributed by atoms with Gasteiger partial charge in [0.25, 0.3) is 5.91 Å². The fourth-order valence-electron chi connectivity index (χ4n) is 3.19. The zero-order valence-corrected chi connectivity index (χ0v) is 16.0. The number of fused-ring (bicyclic) bond motifs is 1. The normalized spacial score (nSPS) is 17.2. The molecule has 0 saturated carbocycles. The summed E-state index contributed by atoms with van der Waals surface area (Å²) < 4.78 is 16.8. The second kappa shape index (κ2) is 7.74. The number of methoxy groups -OCH3 is 1. The average Bonchev–Trinajstić information content (AvgIpc) is 2.65. The number of benzene rings is 2. The molecule has 1 amide bonds. The van der Waals surface area contributed by atoms with E-state index in [-0.39, 0.29) is 17.6 Å². The second-order valence-electron chi connectivity index (χ2n) is 7.12. The van der Waals surface area contributed by atoms with Crippen LogP contribution in [0.25, 0.3) is 0 Å². The van der Waals surface area contributed by atoms with E-state index < -0.39 is 0 Å². The van der Waals surface area contributed by atoms with Crippen molar-refractivity contribution in [3.05, 3.63) is 66.2 Å². The lowest BCUT2D eigenvalue weighted by Gasteiger charge is -2.38. The predicted octanol–water partition coefficient (Wildman–Crippen LogP) is 4.29. The highest BCUT2D eigenvalue weighted by Gasteiger charge is 2.35. The number of amides is 1. The minimum Gasteiger partial charge on any atom is -0.497 e. The molecular formula is C22H25NO4. The van der Waals surface area contributed by atoms with Crippen molar-refractivity contribution in [2.24, 2.45) is 0 Å². The van der Waals surface area contributed by atoms with Gasteiger partial charge in [0.05, 0.1) is 13.2 Å². The van der Waals surface area contributed by atoms with Gasteiger partial charge in [0.2, 0.25) is 0 Å². The van der Waals surface area contributed by atoms with Gasteiger partial charge in [-0.3, -0.25) is 4.79 Å². The van der Waals surface area contributed by atoms with Crippen molar-refractivity contribution >= 4 is 5.91 Å². The summed E-state index contributed by atoms with van der Waals surface area (Å²) in [7, 11) is 1.62. The lowest BCUT2D eigenvalue weighted by molar-refractivity contribution is 0.0617. The van der Waals surface area contributed by atoms with Gasteiger partial charge in [0.1, 0.15) is 29.5 Å². The number of hydrogen-bond acceptors (Lipinski definition) is 4. The van der Waals surface area contributed by atoms with E-state index in [1.54, 1.807) is 37.5 Å². The van der Waals surface area contributed by atoms with Gasteiger partial charge in [-0.15, -0.1) is 0 Å². The maximum absolute atomic E-state index is 12.7. The molecule has 1 N–H and O–H groups in total. The highest BCUT2D eigenvalue weighted by atomic mass is 16.5. The van der Waals surface area contributed by atoms with Gasteiger partial charge in [0.15, 0.2) is 0 Å². The first-order valence-electron chi connectivity index (χ1n) is 8.93. The standard InChI is InChI=1S/C22H25NO4/c1-5-12-26-16-8-6-15(7-9-16)21(24)23-19-14-22(2,3)27-20-13-17(25-4)10-11-18(19)20/h5-11,13,19H,1,12,14H2,2-4H3,(H,23,24)/t19-/m1/s1. The van der Waals surface area contributed by atoms with E-state index in [4.69, 9.17) is 14.2 Å². The van der Waals surface area contributed by atoms with Crippen LogP contribution in [0.1, 0.15) is 42.2 Å². The van der Waals surface area contributed by atoms with Gasteiger partial charge < -0.3 is 19.5 Å². The first-order valence-corrected chi connectivity index (χ1v) is 8.93. The Morgan fingerprint density at radius 1 is 1.26 bits per heavy atom. The largest absolute Gasteiger partial charge is 0.497 e. The van der Waals surface area contributed by atoms with Gasteiger partial charge in [-0.1, -0.05) is 12.7 Å². The summed E-state index contributed by atoms with van der Waals surface area (Å²) in [5.41, 5.74) is 1.15. The van der Waals surface area contributed by atoms with E-state index in [9.17, 15) is 4.79 Å². The summed E-state index contributed by atoms with van der Waals surface area (Å²) in [6.45, 7) is 8.08. The van der Waals surface area contributed by atoms with E-state index >= 15 is 0 Å². The summed E-state index contributed by atoms with van der Waals surface area (Å²) in [6, 6.07) is 12.6. The molecule has 1 heterocycles. The summed E-state index contributed by atoms with van der Waals surface area (Å²) in [5.74, 6) is 2.04. The van der Waals surface area contributed by atoms with Gasteiger partial charge in [-0.2, -0.15) is 0 Å². The molecule has 0 radical (unpaired) electrons. The molecule has 0 fully saturated rings. The molecule has 0 unspecified atom stereocenters. The maximum Gasteiger partial charge on any atom is 0.251 e. The van der Waals surface area contributed by atoms with Crippen LogP contribution in [-0.2, 0) is 0 Å². The highest BCUT2D eigenvalue weighted by Crippen LogP contribution is 2.41. The number of hydrogen-bond donors (Lipinski definition) is 1. The molecule has 1 aliphatic rings. The summed E-state index contributed by atoms with van der Waals surface area (Å²) in [4.78, 5) is 12.7. The first kappa shape index (κ1) is 18.8. The molecule has 3 rings (SSSR count). The number of carbonyl (C=O) groups excluding carboxylic acids is 1. The monoisotopic (exact) mass is 367 g/mol. The van der Waals surface area contributed by atoms with Crippen LogP contribution in [0.3, 0.4) is 0 Å². The van der Waals surface area contributed by atoms with E-state index in [0.717, 1.165) is 17.1 Å². The van der Waals surface area contributed by atoms with Gasteiger partial charge in [-0.05, 0) is 50.2 Å². The highest BCUT2D eigenvalue weighted by molar-refractivity contribution is 5.94. The van der Waals surface area contributed by atoms with Crippen LogP contribution in [0.2, 0.25) is 0 Å². The minimum absolute atomic E-state index is 0.130. The van der Waals surface area contributed by atoms with Crippen molar-refractivity contribution in [2.75, 3.05) is 13.7 Å². The third kappa shape index (κ3) is 4.42. The Hall–Kier alpha value is -2.95. The molecule has 1 atom stereocenters. The molecular weight excluding hydrogens is 342 g/mol. The predicted molar refractivity (Wildman–Crippen MR) is 105 cm³/mol. The Kier molecular flexibility index (Phi) is 5.40. The number of ether oxygens (including phenoxy) is 3. The fraction of sp³-hybridized carbons (Fsp3) is 0.318. The third-order valence-electron chi connectivity index (χ3n) is 4.47. The summed E-state index contributed by atoms with van der Waals surface area (Å²) in [5, 5.41) is 3.13. The molecule has 142 valence electrons. The van der Waals surface area contributed by atoms with Crippen LogP contribution in [0.15, 0.2) is 55.1 Å². The second-order valence-corrected chi connectivity index (χ2v) is 7.12. The number of rotatable bonds is 6. The van der Waals surface area contributed by atoms with Gasteiger partial charge >= 0.3 is 0 Å². The van der Waals surface area contributed by atoms with E-state index in [1.165, 1.54) is 0 Å². The van der Waals surface area contributed by atoms with E-state index in [1.807, 2.05) is 32.0 Å². The van der Waals surface area contributed by atoms with Crippen LogP contribution in [-0.4, -0.2) is 25.2 Å². The lowest BCUT2D eigenvalue weighted by atomic mass is 9.89. The zero-order chi connectivity index (χ0) is 19.4. The molecule has 1 aliphatic heterocycles. The Bertz CT molecular complexity index is 827. The molecule has 5 nitrogen and oxygen atoms in total. The van der Waals surface area contributed by atoms with Gasteiger partial charge in [0, 0.05) is 23.6 Å². The maximum atomic E-state index is 12.7. The Labute approximate surface area is 159 Å².